The summed E-state index contributed by atoms with van der Waals surface area (Å²) in [5.41, 5.74) is 6.78. The monoisotopic (exact) mass is 310 g/mol. The second-order valence-corrected chi connectivity index (χ2v) is 5.85. The third kappa shape index (κ3) is 2.45. The van der Waals surface area contributed by atoms with Gasteiger partial charge in [0, 0.05) is 11.3 Å². The van der Waals surface area contributed by atoms with Gasteiger partial charge < -0.3 is 5.32 Å². The summed E-state index contributed by atoms with van der Waals surface area (Å²) in [6, 6.07) is 23.1. The van der Waals surface area contributed by atoms with Gasteiger partial charge in [0.1, 0.15) is 0 Å². The van der Waals surface area contributed by atoms with Crippen LogP contribution in [-0.2, 0) is 6.42 Å². The number of carbonyl (C=O) groups is 1. The number of nitriles is 1. The summed E-state index contributed by atoms with van der Waals surface area (Å²) in [6.45, 7) is 0. The van der Waals surface area contributed by atoms with Gasteiger partial charge in [-0.25, -0.2) is 0 Å². The van der Waals surface area contributed by atoms with Gasteiger partial charge in [0.2, 0.25) is 0 Å². The third-order valence-corrected chi connectivity index (χ3v) is 4.31. The molecule has 0 fully saturated rings. The SMILES string of the molecule is N#Cc1cccc(C(=O)Nc2ccc3c(c2)Cc2ccccc2-3)c1. The van der Waals surface area contributed by atoms with Crippen LogP contribution in [0.1, 0.15) is 27.0 Å². The zero-order valence-corrected chi connectivity index (χ0v) is 12.9. The van der Waals surface area contributed by atoms with Crippen LogP contribution >= 0.6 is 0 Å². The van der Waals surface area contributed by atoms with E-state index in [1.165, 1.54) is 22.3 Å². The van der Waals surface area contributed by atoms with Crippen LogP contribution in [0, 0.1) is 11.3 Å². The van der Waals surface area contributed by atoms with E-state index in [-0.39, 0.29) is 5.91 Å². The number of amides is 1. The summed E-state index contributed by atoms with van der Waals surface area (Å²) < 4.78 is 0. The van der Waals surface area contributed by atoms with Crippen LogP contribution in [-0.4, -0.2) is 5.91 Å². The Morgan fingerprint density at radius 3 is 2.62 bits per heavy atom. The summed E-state index contributed by atoms with van der Waals surface area (Å²) >= 11 is 0. The highest BCUT2D eigenvalue weighted by Crippen LogP contribution is 2.37. The van der Waals surface area contributed by atoms with E-state index < -0.39 is 0 Å². The smallest absolute Gasteiger partial charge is 0.255 e. The maximum Gasteiger partial charge on any atom is 0.255 e. The molecule has 0 atom stereocenters. The Labute approximate surface area is 140 Å². The number of benzene rings is 3. The molecule has 1 amide bonds. The lowest BCUT2D eigenvalue weighted by molar-refractivity contribution is 0.102. The Balaban J connectivity index is 1.60. The van der Waals surface area contributed by atoms with Crippen molar-refractivity contribution in [3.63, 3.8) is 0 Å². The molecule has 0 unspecified atom stereocenters. The van der Waals surface area contributed by atoms with Crippen molar-refractivity contribution in [1.29, 1.82) is 5.26 Å². The fourth-order valence-corrected chi connectivity index (χ4v) is 3.16. The third-order valence-electron chi connectivity index (χ3n) is 4.31. The highest BCUT2D eigenvalue weighted by Gasteiger charge is 2.18. The number of fused-ring (bicyclic) bond motifs is 3. The molecule has 0 aromatic heterocycles. The molecular weight excluding hydrogens is 296 g/mol. The summed E-state index contributed by atoms with van der Waals surface area (Å²) in [5, 5.41) is 11.9. The van der Waals surface area contributed by atoms with Gasteiger partial charge in [0.05, 0.1) is 11.6 Å². The molecule has 1 aliphatic carbocycles. The van der Waals surface area contributed by atoms with E-state index in [0.29, 0.717) is 11.1 Å². The molecule has 0 saturated carbocycles. The molecule has 3 nitrogen and oxygen atoms in total. The molecule has 0 aliphatic heterocycles. The van der Waals surface area contributed by atoms with Gasteiger partial charge in [-0.2, -0.15) is 5.26 Å². The quantitative estimate of drug-likeness (QED) is 0.597. The van der Waals surface area contributed by atoms with Crippen molar-refractivity contribution in [3.05, 3.63) is 89.0 Å². The van der Waals surface area contributed by atoms with E-state index in [0.717, 1.165) is 12.1 Å². The Hall–Kier alpha value is -3.38. The number of carbonyl (C=O) groups excluding carboxylic acids is 1. The molecule has 3 aromatic rings. The lowest BCUT2D eigenvalue weighted by atomic mass is 10.1. The first-order valence-electron chi connectivity index (χ1n) is 7.77. The largest absolute Gasteiger partial charge is 0.322 e. The Morgan fingerprint density at radius 1 is 0.917 bits per heavy atom. The molecule has 114 valence electrons. The normalized spacial score (nSPS) is 11.3. The molecule has 4 rings (SSSR count). The molecule has 3 aromatic carbocycles. The average molecular weight is 310 g/mol. The molecular formula is C21H14N2O. The van der Waals surface area contributed by atoms with Crippen LogP contribution in [0.15, 0.2) is 66.7 Å². The minimum absolute atomic E-state index is 0.206. The lowest BCUT2D eigenvalue weighted by Crippen LogP contribution is -2.12. The van der Waals surface area contributed by atoms with Crippen LogP contribution < -0.4 is 5.32 Å². The summed E-state index contributed by atoms with van der Waals surface area (Å²) in [4.78, 5) is 12.4. The molecule has 0 spiro atoms. The summed E-state index contributed by atoms with van der Waals surface area (Å²) in [6.07, 6.45) is 0.888. The number of nitrogens with zero attached hydrogens (tertiary/aromatic N) is 1. The van der Waals surface area contributed by atoms with Crippen molar-refractivity contribution < 1.29 is 4.79 Å². The highest BCUT2D eigenvalue weighted by molar-refractivity contribution is 6.04. The number of hydrogen-bond acceptors (Lipinski definition) is 2. The van der Waals surface area contributed by atoms with E-state index in [1.54, 1.807) is 24.3 Å². The number of rotatable bonds is 2. The first-order valence-corrected chi connectivity index (χ1v) is 7.77. The van der Waals surface area contributed by atoms with Crippen molar-refractivity contribution >= 4 is 11.6 Å². The van der Waals surface area contributed by atoms with Gasteiger partial charge in [-0.15, -0.1) is 0 Å². The average Bonchev–Trinajstić information content (AvgIpc) is 2.99. The maximum atomic E-state index is 12.4. The second kappa shape index (κ2) is 5.68. The standard InChI is InChI=1S/C21H14N2O/c22-13-14-4-3-6-16(10-14)21(24)23-18-8-9-20-17(12-18)11-15-5-1-2-7-19(15)20/h1-10,12H,11H2,(H,23,24). The van der Waals surface area contributed by atoms with Crippen LogP contribution in [0.2, 0.25) is 0 Å². The number of nitrogens with one attached hydrogen (secondary N) is 1. The maximum absolute atomic E-state index is 12.4. The van der Waals surface area contributed by atoms with Crippen LogP contribution in [0.3, 0.4) is 0 Å². The van der Waals surface area contributed by atoms with Crippen molar-refractivity contribution in [1.82, 2.24) is 0 Å². The van der Waals surface area contributed by atoms with Crippen LogP contribution in [0.4, 0.5) is 5.69 Å². The van der Waals surface area contributed by atoms with Crippen molar-refractivity contribution in [2.75, 3.05) is 5.32 Å². The van der Waals surface area contributed by atoms with Gasteiger partial charge in [-0.3, -0.25) is 4.79 Å². The zero-order chi connectivity index (χ0) is 16.5. The lowest BCUT2D eigenvalue weighted by Gasteiger charge is -2.08. The molecule has 1 N–H and O–H groups in total. The van der Waals surface area contributed by atoms with Crippen molar-refractivity contribution in [2.24, 2.45) is 0 Å². The van der Waals surface area contributed by atoms with E-state index in [9.17, 15) is 4.79 Å². The first kappa shape index (κ1) is 14.2. The van der Waals surface area contributed by atoms with Gasteiger partial charge in [-0.05, 0) is 59.0 Å². The summed E-state index contributed by atoms with van der Waals surface area (Å²) in [7, 11) is 0. The molecule has 0 heterocycles. The highest BCUT2D eigenvalue weighted by atomic mass is 16.1. The zero-order valence-electron chi connectivity index (χ0n) is 12.9. The first-order chi connectivity index (χ1) is 11.7. The fourth-order valence-electron chi connectivity index (χ4n) is 3.16. The minimum Gasteiger partial charge on any atom is -0.322 e. The van der Waals surface area contributed by atoms with Gasteiger partial charge in [0.25, 0.3) is 5.91 Å². The van der Waals surface area contributed by atoms with Crippen molar-refractivity contribution in [3.8, 4) is 17.2 Å². The van der Waals surface area contributed by atoms with Gasteiger partial charge in [-0.1, -0.05) is 36.4 Å². The van der Waals surface area contributed by atoms with Gasteiger partial charge >= 0.3 is 0 Å². The molecule has 0 saturated heterocycles. The van der Waals surface area contributed by atoms with E-state index in [1.807, 2.05) is 18.2 Å². The Morgan fingerprint density at radius 2 is 1.75 bits per heavy atom. The second-order valence-electron chi connectivity index (χ2n) is 5.85. The van der Waals surface area contributed by atoms with Crippen LogP contribution in [0.5, 0.6) is 0 Å². The topological polar surface area (TPSA) is 52.9 Å². The number of anilines is 1. The predicted octanol–water partition coefficient (Wildman–Crippen LogP) is 4.38. The molecule has 0 bridgehead atoms. The number of hydrogen-bond donors (Lipinski definition) is 1. The predicted molar refractivity (Wildman–Crippen MR) is 93.8 cm³/mol. The summed E-state index contributed by atoms with van der Waals surface area (Å²) in [5.74, 6) is -0.206. The Kier molecular flexibility index (Phi) is 3.36. The Bertz CT molecular complexity index is 999. The van der Waals surface area contributed by atoms with E-state index >= 15 is 0 Å². The molecule has 0 radical (unpaired) electrons. The van der Waals surface area contributed by atoms with Crippen LogP contribution in [0.25, 0.3) is 11.1 Å². The van der Waals surface area contributed by atoms with E-state index in [4.69, 9.17) is 5.26 Å². The van der Waals surface area contributed by atoms with Crippen molar-refractivity contribution in [2.45, 2.75) is 6.42 Å². The molecule has 24 heavy (non-hydrogen) atoms. The van der Waals surface area contributed by atoms with E-state index in [2.05, 4.69) is 35.7 Å². The molecule has 3 heteroatoms. The fraction of sp³-hybridized carbons (Fsp3) is 0.0476. The minimum atomic E-state index is -0.206. The molecule has 1 aliphatic rings. The van der Waals surface area contributed by atoms with Gasteiger partial charge in [0.15, 0.2) is 0 Å².